The summed E-state index contributed by atoms with van der Waals surface area (Å²) in [7, 11) is 0. The number of piperidine rings is 1. The number of nitrogens with zero attached hydrogens (tertiary/aromatic N) is 1. The minimum Gasteiger partial charge on any atom is -1.00 e. The molecule has 1 aromatic carbocycles. The van der Waals surface area contributed by atoms with Crippen molar-refractivity contribution in [3.05, 3.63) is 52.7 Å². The number of hydrogen-bond acceptors (Lipinski definition) is 2. The Bertz CT molecular complexity index is 845. The third-order valence-electron chi connectivity index (χ3n) is 7.82. The first-order valence-electron chi connectivity index (χ1n) is 10.3. The summed E-state index contributed by atoms with van der Waals surface area (Å²) in [5, 5.41) is 3.71. The van der Waals surface area contributed by atoms with E-state index in [1.54, 1.807) is 0 Å². The van der Waals surface area contributed by atoms with Crippen molar-refractivity contribution in [2.75, 3.05) is 25.0 Å². The molecule has 0 radical (unpaired) electrons. The number of halogens is 1. The molecule has 3 aliphatic heterocycles. The van der Waals surface area contributed by atoms with E-state index in [0.29, 0.717) is 12.0 Å². The highest BCUT2D eigenvalue weighted by atomic mass is 127. The van der Waals surface area contributed by atoms with E-state index in [1.807, 2.05) is 0 Å². The van der Waals surface area contributed by atoms with Crippen LogP contribution >= 0.6 is 0 Å². The van der Waals surface area contributed by atoms with Crippen LogP contribution in [0.5, 0.6) is 0 Å². The van der Waals surface area contributed by atoms with Gasteiger partial charge in [-0.05, 0) is 30.5 Å². The van der Waals surface area contributed by atoms with Gasteiger partial charge in [0.2, 0.25) is 0 Å². The topological polar surface area (TPSA) is 29.1 Å². The maximum atomic E-state index is 12.2. The summed E-state index contributed by atoms with van der Waals surface area (Å²) < 4.78 is 1.23. The fourth-order valence-corrected chi connectivity index (χ4v) is 6.70. The van der Waals surface area contributed by atoms with Crippen LogP contribution in [-0.4, -0.2) is 36.4 Å². The molecule has 4 atom stereocenters. The number of carbonyl (C=O) groups excluding carboxylic acids is 1. The monoisotopic (exact) mass is 476 g/mol. The average molecular weight is 476 g/mol. The van der Waals surface area contributed by atoms with Crippen LogP contribution in [0.3, 0.4) is 0 Å². The lowest BCUT2D eigenvalue weighted by atomic mass is 9.61. The summed E-state index contributed by atoms with van der Waals surface area (Å²) in [5.41, 5.74) is 6.47. The lowest BCUT2D eigenvalue weighted by Gasteiger charge is -2.53. The molecule has 0 aromatic heterocycles. The summed E-state index contributed by atoms with van der Waals surface area (Å²) in [5.74, 6) is 0.318. The Morgan fingerprint density at radius 3 is 2.89 bits per heavy atom. The van der Waals surface area contributed by atoms with E-state index in [0.717, 1.165) is 24.8 Å². The van der Waals surface area contributed by atoms with E-state index in [4.69, 9.17) is 0 Å². The van der Waals surface area contributed by atoms with E-state index in [2.05, 4.69) is 49.5 Å². The first kappa shape index (κ1) is 19.2. The lowest BCUT2D eigenvalue weighted by molar-refractivity contribution is -0.941. The quantitative estimate of drug-likeness (QED) is 0.306. The molecule has 1 aromatic rings. The molecular formula is C23H29IN2O. The smallest absolute Gasteiger partial charge is 0.148 e. The van der Waals surface area contributed by atoms with Crippen LogP contribution < -0.4 is 29.3 Å². The van der Waals surface area contributed by atoms with Crippen molar-refractivity contribution in [1.29, 1.82) is 0 Å². The van der Waals surface area contributed by atoms with Gasteiger partial charge in [-0.1, -0.05) is 37.6 Å². The first-order chi connectivity index (χ1) is 12.7. The largest absolute Gasteiger partial charge is 1.00 e. The van der Waals surface area contributed by atoms with Gasteiger partial charge in [0, 0.05) is 35.7 Å². The molecule has 4 aliphatic rings. The molecule has 5 rings (SSSR count). The van der Waals surface area contributed by atoms with Crippen LogP contribution in [0.25, 0.3) is 0 Å². The van der Waals surface area contributed by atoms with E-state index in [1.165, 1.54) is 59.4 Å². The second kappa shape index (κ2) is 6.73. The van der Waals surface area contributed by atoms with Crippen LogP contribution in [0.2, 0.25) is 0 Å². The molecule has 1 spiro atoms. The van der Waals surface area contributed by atoms with Crippen molar-refractivity contribution in [3.63, 3.8) is 0 Å². The minimum absolute atomic E-state index is 0. The number of carbonyl (C=O) groups is 1. The van der Waals surface area contributed by atoms with Gasteiger partial charge in [-0.3, -0.25) is 4.79 Å². The summed E-state index contributed by atoms with van der Waals surface area (Å²) in [6.45, 7) is 8.12. The zero-order chi connectivity index (χ0) is 17.9. The van der Waals surface area contributed by atoms with Crippen LogP contribution in [0, 0.1) is 5.92 Å². The molecule has 2 saturated heterocycles. The molecule has 1 aliphatic carbocycles. The van der Waals surface area contributed by atoms with Gasteiger partial charge in [0.15, 0.2) is 0 Å². The average Bonchev–Trinajstić information content (AvgIpc) is 3.20. The van der Waals surface area contributed by atoms with Gasteiger partial charge in [-0.15, -0.1) is 0 Å². The Balaban J connectivity index is 0.00000180. The lowest BCUT2D eigenvalue weighted by Crippen LogP contribution is -3.00. The van der Waals surface area contributed by atoms with Gasteiger partial charge in [-0.2, -0.15) is 0 Å². The molecule has 0 amide bonds. The number of rotatable bonds is 4. The van der Waals surface area contributed by atoms with Gasteiger partial charge in [-0.25, -0.2) is 0 Å². The van der Waals surface area contributed by atoms with Crippen molar-refractivity contribution >= 4 is 12.0 Å². The maximum Gasteiger partial charge on any atom is 0.148 e. The number of para-hydroxylation sites is 1. The zero-order valence-electron chi connectivity index (χ0n) is 16.3. The number of quaternary nitrogens is 1. The molecule has 2 fully saturated rings. The molecule has 0 saturated carbocycles. The number of aldehydes is 1. The van der Waals surface area contributed by atoms with Crippen molar-refractivity contribution in [2.24, 2.45) is 5.92 Å². The molecule has 1 N–H and O–H groups in total. The van der Waals surface area contributed by atoms with E-state index in [-0.39, 0.29) is 29.4 Å². The fourth-order valence-electron chi connectivity index (χ4n) is 6.70. The van der Waals surface area contributed by atoms with Crippen LogP contribution in [0.15, 0.2) is 47.2 Å². The molecule has 4 heteroatoms. The van der Waals surface area contributed by atoms with Gasteiger partial charge in [0.25, 0.3) is 0 Å². The predicted molar refractivity (Wildman–Crippen MR) is 105 cm³/mol. The third kappa shape index (κ3) is 2.32. The SMILES string of the molecule is CC=C1C[N+]2(CCCC)CCC34C(=C(C=O)[C@H]1CC32)Nc1ccccc14.[I-]. The van der Waals surface area contributed by atoms with Crippen LogP contribution in [-0.2, 0) is 10.2 Å². The van der Waals surface area contributed by atoms with Crippen LogP contribution in [0.4, 0.5) is 5.69 Å². The highest BCUT2D eigenvalue weighted by molar-refractivity contribution is 5.84. The number of unbranched alkanes of at least 4 members (excludes halogenated alkanes) is 1. The summed E-state index contributed by atoms with van der Waals surface area (Å²) in [6.07, 6.45) is 8.31. The maximum absolute atomic E-state index is 12.2. The summed E-state index contributed by atoms with van der Waals surface area (Å²) >= 11 is 0. The number of anilines is 1. The molecule has 2 bridgehead atoms. The summed E-state index contributed by atoms with van der Waals surface area (Å²) in [4.78, 5) is 12.2. The summed E-state index contributed by atoms with van der Waals surface area (Å²) in [6, 6.07) is 9.39. The number of fused-ring (bicyclic) bond motifs is 2. The van der Waals surface area contributed by atoms with Crippen molar-refractivity contribution in [3.8, 4) is 0 Å². The Morgan fingerprint density at radius 2 is 2.15 bits per heavy atom. The highest BCUT2D eigenvalue weighted by Gasteiger charge is 2.68. The zero-order valence-corrected chi connectivity index (χ0v) is 18.5. The third-order valence-corrected chi connectivity index (χ3v) is 7.82. The van der Waals surface area contributed by atoms with Gasteiger partial charge < -0.3 is 33.8 Å². The molecule has 3 unspecified atom stereocenters. The molecule has 144 valence electrons. The second-order valence-electron chi connectivity index (χ2n) is 8.69. The predicted octanol–water partition coefficient (Wildman–Crippen LogP) is 1.18. The Kier molecular flexibility index (Phi) is 4.78. The second-order valence-corrected chi connectivity index (χ2v) is 8.69. The van der Waals surface area contributed by atoms with Gasteiger partial charge in [0.1, 0.15) is 18.9 Å². The fraction of sp³-hybridized carbons (Fsp3) is 0.522. The van der Waals surface area contributed by atoms with E-state index in [9.17, 15) is 4.79 Å². The molecular weight excluding hydrogens is 447 g/mol. The normalized spacial score (nSPS) is 36.7. The molecule has 3 nitrogen and oxygen atoms in total. The van der Waals surface area contributed by atoms with Gasteiger partial charge >= 0.3 is 0 Å². The number of allylic oxidation sites excluding steroid dienone is 2. The Labute approximate surface area is 179 Å². The van der Waals surface area contributed by atoms with E-state index >= 15 is 0 Å². The highest BCUT2D eigenvalue weighted by Crippen LogP contribution is 2.63. The van der Waals surface area contributed by atoms with E-state index < -0.39 is 0 Å². The molecule has 27 heavy (non-hydrogen) atoms. The number of nitrogens with one attached hydrogen (secondary N) is 1. The number of benzene rings is 1. The Morgan fingerprint density at radius 1 is 1.33 bits per heavy atom. The Hall–Kier alpha value is -1.14. The van der Waals surface area contributed by atoms with Crippen molar-refractivity contribution in [2.45, 2.75) is 51.0 Å². The standard InChI is InChI=1S/C23H28N2O.HI/c1-3-5-11-25-12-10-23-19-8-6-7-9-20(19)24-22(23)18(15-26)17(13-21(23)25)16(4-2)14-25;/h4,6-9,15,17,21H,3,5,10-14H2,1-2H3;1H/t17-,21?,23?,25?;/m0./s1. The first-order valence-corrected chi connectivity index (χ1v) is 10.3. The minimum atomic E-state index is 0. The number of hydrogen-bond donors (Lipinski definition) is 1. The van der Waals surface area contributed by atoms with Crippen LogP contribution in [0.1, 0.15) is 45.1 Å². The van der Waals surface area contributed by atoms with Gasteiger partial charge in [0.05, 0.1) is 18.5 Å². The molecule has 3 heterocycles. The van der Waals surface area contributed by atoms with Crippen molar-refractivity contribution < 1.29 is 33.3 Å². The van der Waals surface area contributed by atoms with Crippen molar-refractivity contribution in [1.82, 2.24) is 0 Å².